The summed E-state index contributed by atoms with van der Waals surface area (Å²) < 4.78 is 0. The molecule has 0 aromatic rings. The predicted octanol–water partition coefficient (Wildman–Crippen LogP) is 2.31. The van der Waals surface area contributed by atoms with Gasteiger partial charge in [-0.1, -0.05) is 39.0 Å². The van der Waals surface area contributed by atoms with E-state index in [0.717, 1.165) is 25.9 Å². The van der Waals surface area contributed by atoms with Crippen molar-refractivity contribution < 1.29 is 9.59 Å². The van der Waals surface area contributed by atoms with Gasteiger partial charge in [0.1, 0.15) is 0 Å². The molecular formula is C17H35N3O2. The molecule has 0 rings (SSSR count). The maximum absolute atomic E-state index is 11.6. The van der Waals surface area contributed by atoms with Gasteiger partial charge in [0, 0.05) is 25.9 Å². The van der Waals surface area contributed by atoms with E-state index in [1.807, 2.05) is 14.1 Å². The number of amides is 2. The summed E-state index contributed by atoms with van der Waals surface area (Å²) in [5, 5.41) is 5.73. The average Bonchev–Trinajstić information content (AvgIpc) is 2.48. The Morgan fingerprint density at radius 1 is 0.773 bits per heavy atom. The van der Waals surface area contributed by atoms with Gasteiger partial charge in [0.2, 0.25) is 11.8 Å². The van der Waals surface area contributed by atoms with Crippen LogP contribution in [-0.2, 0) is 9.59 Å². The van der Waals surface area contributed by atoms with E-state index in [4.69, 9.17) is 0 Å². The Bertz CT molecular complexity index is 294. The third-order valence-electron chi connectivity index (χ3n) is 3.54. The Balaban J connectivity index is 3.39. The molecule has 0 atom stereocenters. The molecule has 0 aromatic heterocycles. The minimum absolute atomic E-state index is 0.0167. The highest BCUT2D eigenvalue weighted by Gasteiger charge is 2.06. The van der Waals surface area contributed by atoms with Gasteiger partial charge in [-0.15, -0.1) is 0 Å². The third-order valence-corrected chi connectivity index (χ3v) is 3.54. The molecule has 0 fully saturated rings. The summed E-state index contributed by atoms with van der Waals surface area (Å²) in [5.74, 6) is -0.0505. The Kier molecular flexibility index (Phi) is 14.1. The molecule has 2 amide bonds. The fourth-order valence-corrected chi connectivity index (χ4v) is 2.16. The second-order valence-corrected chi connectivity index (χ2v) is 6.12. The molecule has 0 heterocycles. The summed E-state index contributed by atoms with van der Waals surface area (Å²) in [6, 6.07) is 0. The number of hydrogen-bond donors (Lipinski definition) is 2. The Morgan fingerprint density at radius 3 is 1.82 bits per heavy atom. The Labute approximate surface area is 136 Å². The van der Waals surface area contributed by atoms with Crippen LogP contribution in [0.5, 0.6) is 0 Å². The highest BCUT2D eigenvalue weighted by atomic mass is 16.2. The summed E-state index contributed by atoms with van der Waals surface area (Å²) in [7, 11) is 4.02. The summed E-state index contributed by atoms with van der Waals surface area (Å²) >= 11 is 0. The van der Waals surface area contributed by atoms with Crippen LogP contribution < -0.4 is 10.6 Å². The maximum Gasteiger partial charge on any atom is 0.220 e. The standard InChI is InChI=1S/C17H35N3O2/c1-4-5-6-7-8-9-13-18-16(21)11-12-17(22)19-14-10-15-20(2)3/h4-15H2,1-3H3,(H,18,21)(H,19,22). The van der Waals surface area contributed by atoms with Crippen LogP contribution >= 0.6 is 0 Å². The van der Waals surface area contributed by atoms with Crippen LogP contribution in [0, 0.1) is 0 Å². The van der Waals surface area contributed by atoms with Crippen LogP contribution in [0.25, 0.3) is 0 Å². The van der Waals surface area contributed by atoms with Gasteiger partial charge in [-0.2, -0.15) is 0 Å². The molecular weight excluding hydrogens is 278 g/mol. The van der Waals surface area contributed by atoms with Crippen LogP contribution in [0.3, 0.4) is 0 Å². The Hall–Kier alpha value is -1.10. The minimum atomic E-state index is -0.0338. The highest BCUT2D eigenvalue weighted by molar-refractivity contribution is 5.83. The van der Waals surface area contributed by atoms with E-state index in [-0.39, 0.29) is 24.7 Å². The van der Waals surface area contributed by atoms with Crippen molar-refractivity contribution in [2.75, 3.05) is 33.7 Å². The van der Waals surface area contributed by atoms with Gasteiger partial charge in [-0.05, 0) is 33.5 Å². The largest absolute Gasteiger partial charge is 0.356 e. The fraction of sp³-hybridized carbons (Fsp3) is 0.882. The van der Waals surface area contributed by atoms with Crippen LogP contribution in [0.15, 0.2) is 0 Å². The third kappa shape index (κ3) is 15.3. The second kappa shape index (κ2) is 14.8. The van der Waals surface area contributed by atoms with Crippen molar-refractivity contribution in [1.29, 1.82) is 0 Å². The molecule has 5 nitrogen and oxygen atoms in total. The zero-order valence-electron chi connectivity index (χ0n) is 14.7. The molecule has 0 bridgehead atoms. The normalized spacial score (nSPS) is 10.7. The quantitative estimate of drug-likeness (QED) is 0.484. The lowest BCUT2D eigenvalue weighted by Crippen LogP contribution is -2.29. The van der Waals surface area contributed by atoms with Crippen molar-refractivity contribution in [1.82, 2.24) is 15.5 Å². The molecule has 0 aliphatic heterocycles. The lowest BCUT2D eigenvalue weighted by molar-refractivity contribution is -0.126. The summed E-state index contributed by atoms with van der Waals surface area (Å²) in [6.07, 6.45) is 8.81. The average molecular weight is 313 g/mol. The number of unbranched alkanes of at least 4 members (excludes halogenated alkanes) is 5. The first-order chi connectivity index (χ1) is 10.6. The van der Waals surface area contributed by atoms with Gasteiger partial charge in [0.15, 0.2) is 0 Å². The van der Waals surface area contributed by atoms with Crippen molar-refractivity contribution in [3.05, 3.63) is 0 Å². The minimum Gasteiger partial charge on any atom is -0.356 e. The zero-order chi connectivity index (χ0) is 16.6. The number of carbonyl (C=O) groups excluding carboxylic acids is 2. The van der Waals surface area contributed by atoms with Gasteiger partial charge in [-0.25, -0.2) is 0 Å². The number of hydrogen-bond acceptors (Lipinski definition) is 3. The van der Waals surface area contributed by atoms with E-state index < -0.39 is 0 Å². The highest BCUT2D eigenvalue weighted by Crippen LogP contribution is 2.04. The van der Waals surface area contributed by atoms with E-state index in [0.29, 0.717) is 6.54 Å². The summed E-state index contributed by atoms with van der Waals surface area (Å²) in [5.41, 5.74) is 0. The molecule has 0 saturated carbocycles. The molecule has 5 heteroatoms. The molecule has 0 spiro atoms. The van der Waals surface area contributed by atoms with E-state index in [1.54, 1.807) is 0 Å². The molecule has 0 aliphatic rings. The van der Waals surface area contributed by atoms with E-state index in [1.165, 1.54) is 32.1 Å². The predicted molar refractivity (Wildman–Crippen MR) is 91.8 cm³/mol. The molecule has 22 heavy (non-hydrogen) atoms. The first-order valence-electron chi connectivity index (χ1n) is 8.74. The lowest BCUT2D eigenvalue weighted by atomic mass is 10.1. The van der Waals surface area contributed by atoms with Gasteiger partial charge in [0.05, 0.1) is 0 Å². The first kappa shape index (κ1) is 20.9. The van der Waals surface area contributed by atoms with Crippen molar-refractivity contribution >= 4 is 11.8 Å². The van der Waals surface area contributed by atoms with Crippen LogP contribution in [-0.4, -0.2) is 50.4 Å². The van der Waals surface area contributed by atoms with E-state index in [2.05, 4.69) is 22.5 Å². The molecule has 0 saturated heterocycles. The Morgan fingerprint density at radius 2 is 1.27 bits per heavy atom. The number of nitrogens with zero attached hydrogens (tertiary/aromatic N) is 1. The molecule has 0 radical (unpaired) electrons. The van der Waals surface area contributed by atoms with Gasteiger partial charge < -0.3 is 15.5 Å². The monoisotopic (exact) mass is 313 g/mol. The maximum atomic E-state index is 11.6. The summed E-state index contributed by atoms with van der Waals surface area (Å²) in [4.78, 5) is 25.3. The topological polar surface area (TPSA) is 61.4 Å². The van der Waals surface area contributed by atoms with Gasteiger partial charge in [0.25, 0.3) is 0 Å². The fourth-order valence-electron chi connectivity index (χ4n) is 2.16. The smallest absolute Gasteiger partial charge is 0.220 e. The SMILES string of the molecule is CCCCCCCCNC(=O)CCC(=O)NCCCN(C)C. The van der Waals surface area contributed by atoms with Crippen molar-refractivity contribution in [2.45, 2.75) is 64.7 Å². The van der Waals surface area contributed by atoms with Crippen LogP contribution in [0.2, 0.25) is 0 Å². The van der Waals surface area contributed by atoms with Crippen molar-refractivity contribution in [3.8, 4) is 0 Å². The molecule has 2 N–H and O–H groups in total. The molecule has 0 unspecified atom stereocenters. The molecule has 0 aromatic carbocycles. The summed E-state index contributed by atoms with van der Waals surface area (Å²) in [6.45, 7) is 4.57. The number of nitrogens with one attached hydrogen (secondary N) is 2. The van der Waals surface area contributed by atoms with Gasteiger partial charge in [-0.3, -0.25) is 9.59 Å². The zero-order valence-corrected chi connectivity index (χ0v) is 14.7. The molecule has 0 aliphatic carbocycles. The molecule has 130 valence electrons. The number of carbonyl (C=O) groups is 2. The van der Waals surface area contributed by atoms with Crippen LogP contribution in [0.1, 0.15) is 64.7 Å². The number of rotatable bonds is 14. The van der Waals surface area contributed by atoms with Gasteiger partial charge >= 0.3 is 0 Å². The van der Waals surface area contributed by atoms with E-state index in [9.17, 15) is 9.59 Å². The van der Waals surface area contributed by atoms with Crippen molar-refractivity contribution in [2.24, 2.45) is 0 Å². The first-order valence-corrected chi connectivity index (χ1v) is 8.74. The van der Waals surface area contributed by atoms with Crippen LogP contribution in [0.4, 0.5) is 0 Å². The van der Waals surface area contributed by atoms with E-state index >= 15 is 0 Å². The second-order valence-electron chi connectivity index (χ2n) is 6.12. The van der Waals surface area contributed by atoms with Crippen molar-refractivity contribution in [3.63, 3.8) is 0 Å². The lowest BCUT2D eigenvalue weighted by Gasteiger charge is -2.10.